The second-order valence-electron chi connectivity index (χ2n) is 7.41. The van der Waals surface area contributed by atoms with E-state index in [-0.39, 0.29) is 18.3 Å². The van der Waals surface area contributed by atoms with Crippen LogP contribution in [0.1, 0.15) is 12.5 Å². The van der Waals surface area contributed by atoms with E-state index >= 15 is 0 Å². The molecule has 1 aliphatic heterocycles. The second kappa shape index (κ2) is 9.82. The molecule has 0 atom stereocenters. The number of nitrogens with zero attached hydrogens (tertiary/aromatic N) is 5. The molecule has 1 aromatic carbocycles. The zero-order valence-corrected chi connectivity index (χ0v) is 18.5. The van der Waals surface area contributed by atoms with Crippen molar-refractivity contribution < 1.29 is 29.0 Å². The van der Waals surface area contributed by atoms with E-state index in [1.54, 1.807) is 27.9 Å². The Morgan fingerprint density at radius 1 is 1.25 bits per heavy atom. The molecule has 0 saturated carbocycles. The Balaban J connectivity index is 0.000000668. The summed E-state index contributed by atoms with van der Waals surface area (Å²) in [6.45, 7) is 5.09. The van der Waals surface area contributed by atoms with Gasteiger partial charge in [0.2, 0.25) is 18.3 Å². The number of aliphatic carboxylic acids is 1. The molecule has 0 radical (unpaired) electrons. The number of benzene rings is 1. The number of carboxylic acid groups (broad SMARTS) is 1. The Morgan fingerprint density at radius 3 is 2.56 bits per heavy atom. The Hall–Kier alpha value is -3.40. The van der Waals surface area contributed by atoms with Crippen molar-refractivity contribution in [2.75, 3.05) is 31.1 Å². The number of halogens is 2. The minimum Gasteiger partial charge on any atom is -0.481 e. The van der Waals surface area contributed by atoms with Gasteiger partial charge in [-0.15, -0.1) is 0 Å². The van der Waals surface area contributed by atoms with Crippen LogP contribution in [0.5, 0.6) is 0 Å². The highest BCUT2D eigenvalue weighted by Crippen LogP contribution is 2.27. The highest BCUT2D eigenvalue weighted by atomic mass is 35.5. The van der Waals surface area contributed by atoms with Gasteiger partial charge in [-0.2, -0.15) is 5.10 Å². The summed E-state index contributed by atoms with van der Waals surface area (Å²) < 4.78 is 16.8. The van der Waals surface area contributed by atoms with E-state index in [0.29, 0.717) is 42.4 Å². The topological polar surface area (TPSA) is 103 Å². The molecule has 32 heavy (non-hydrogen) atoms. The molecule has 1 saturated heterocycles. The van der Waals surface area contributed by atoms with Crippen LogP contribution >= 0.6 is 11.6 Å². The summed E-state index contributed by atoms with van der Waals surface area (Å²) in [6, 6.07) is 4.81. The molecular formula is C21H24ClFN5O4+. The van der Waals surface area contributed by atoms with Crippen molar-refractivity contribution in [2.45, 2.75) is 20.4 Å². The van der Waals surface area contributed by atoms with Gasteiger partial charge in [0, 0.05) is 54.3 Å². The summed E-state index contributed by atoms with van der Waals surface area (Å²) in [5.41, 5.74) is 2.01. The van der Waals surface area contributed by atoms with Crippen molar-refractivity contribution in [1.82, 2.24) is 14.7 Å². The van der Waals surface area contributed by atoms with Crippen LogP contribution in [0.3, 0.4) is 0 Å². The molecule has 170 valence electrons. The fraction of sp³-hybridized carbons (Fsp3) is 0.333. The summed E-state index contributed by atoms with van der Waals surface area (Å²) in [5.74, 6) is -1.25. The third kappa shape index (κ3) is 5.44. The Morgan fingerprint density at radius 2 is 1.91 bits per heavy atom. The van der Waals surface area contributed by atoms with Gasteiger partial charge in [0.05, 0.1) is 11.9 Å². The average Bonchev–Trinajstić information content (AvgIpc) is 3.12. The number of carbonyl (C=O) groups excluding carboxylic acids is 1. The molecule has 2 N–H and O–H groups in total. The van der Waals surface area contributed by atoms with E-state index in [9.17, 15) is 14.4 Å². The SMILES string of the molecule is CC(=O)O.Cc1cc(N2CCN(C(=O)Cn3ncc4cc[n+](O)cc43)CC2)c(F)cc1Cl. The lowest BCUT2D eigenvalue weighted by Crippen LogP contribution is -2.50. The van der Waals surface area contributed by atoms with Crippen LogP contribution in [0, 0.1) is 12.7 Å². The molecule has 1 aliphatic rings. The number of piperazine rings is 1. The standard InChI is InChI=1S/C19H20ClFN5O2.C2H4O2/c1-13-8-17(16(21)9-15(13)20)23-4-6-24(7-5-23)19(27)12-26-18-11-25(28)3-2-14(18)10-22-26;1-2(3)4/h2-3,8-11,28H,4-7,12H2,1H3;1H3,(H,3,4)/q+1;. The van der Waals surface area contributed by atoms with Gasteiger partial charge in [0.15, 0.2) is 0 Å². The van der Waals surface area contributed by atoms with Gasteiger partial charge in [0.1, 0.15) is 17.9 Å². The number of pyridine rings is 1. The number of hydrogen-bond donors (Lipinski definition) is 2. The number of aryl methyl sites for hydroxylation is 1. The first-order valence-corrected chi connectivity index (χ1v) is 10.3. The lowest BCUT2D eigenvalue weighted by molar-refractivity contribution is -0.904. The van der Waals surface area contributed by atoms with Crippen LogP contribution in [-0.2, 0) is 16.1 Å². The number of carbonyl (C=O) groups is 2. The van der Waals surface area contributed by atoms with Gasteiger partial charge in [-0.3, -0.25) is 14.8 Å². The summed E-state index contributed by atoms with van der Waals surface area (Å²) in [6.07, 6.45) is 4.68. The molecule has 11 heteroatoms. The van der Waals surface area contributed by atoms with Crippen molar-refractivity contribution in [3.05, 3.63) is 53.2 Å². The minimum absolute atomic E-state index is 0.0641. The zero-order valence-electron chi connectivity index (χ0n) is 17.7. The van der Waals surface area contributed by atoms with E-state index < -0.39 is 5.97 Å². The Kier molecular flexibility index (Phi) is 7.14. The largest absolute Gasteiger partial charge is 0.481 e. The number of fused-ring (bicyclic) bond motifs is 1. The first kappa shape index (κ1) is 23.3. The number of anilines is 1. The first-order valence-electron chi connectivity index (χ1n) is 9.89. The lowest BCUT2D eigenvalue weighted by Gasteiger charge is -2.36. The summed E-state index contributed by atoms with van der Waals surface area (Å²) in [5, 5.41) is 22.5. The number of aromatic nitrogens is 3. The van der Waals surface area contributed by atoms with Crippen LogP contribution in [0.2, 0.25) is 5.02 Å². The molecule has 2 aromatic heterocycles. The third-order valence-corrected chi connectivity index (χ3v) is 5.46. The monoisotopic (exact) mass is 464 g/mol. The molecule has 3 aromatic rings. The summed E-state index contributed by atoms with van der Waals surface area (Å²) in [7, 11) is 0. The van der Waals surface area contributed by atoms with Crippen molar-refractivity contribution in [2.24, 2.45) is 0 Å². The second-order valence-corrected chi connectivity index (χ2v) is 7.81. The third-order valence-electron chi connectivity index (χ3n) is 5.06. The van der Waals surface area contributed by atoms with E-state index in [2.05, 4.69) is 5.10 Å². The molecular weight excluding hydrogens is 441 g/mol. The van der Waals surface area contributed by atoms with Gasteiger partial charge < -0.3 is 14.9 Å². The highest BCUT2D eigenvalue weighted by molar-refractivity contribution is 6.31. The first-order chi connectivity index (χ1) is 15.2. The fourth-order valence-electron chi connectivity index (χ4n) is 3.44. The molecule has 0 spiro atoms. The van der Waals surface area contributed by atoms with Crippen LogP contribution in [-0.4, -0.2) is 63.0 Å². The van der Waals surface area contributed by atoms with Gasteiger partial charge in [-0.25, -0.2) is 9.07 Å². The number of carboxylic acids is 1. The number of hydrogen-bond acceptors (Lipinski definition) is 5. The van der Waals surface area contributed by atoms with Gasteiger partial charge in [-0.05, 0) is 24.6 Å². The van der Waals surface area contributed by atoms with Crippen LogP contribution in [0.4, 0.5) is 10.1 Å². The Bertz CT molecular complexity index is 1140. The van der Waals surface area contributed by atoms with E-state index in [0.717, 1.165) is 22.6 Å². The van der Waals surface area contributed by atoms with Crippen LogP contribution in [0.15, 0.2) is 36.8 Å². The predicted octanol–water partition coefficient (Wildman–Crippen LogP) is 2.10. The van der Waals surface area contributed by atoms with Crippen molar-refractivity contribution in [1.29, 1.82) is 0 Å². The summed E-state index contributed by atoms with van der Waals surface area (Å²) >= 11 is 5.97. The molecule has 1 fully saturated rings. The number of rotatable bonds is 3. The molecule has 0 aliphatic carbocycles. The molecule has 0 bridgehead atoms. The normalized spacial score (nSPS) is 13.6. The Labute approximate surface area is 188 Å². The smallest absolute Gasteiger partial charge is 0.300 e. The van der Waals surface area contributed by atoms with Gasteiger partial charge in [-0.1, -0.05) is 11.6 Å². The lowest BCUT2D eigenvalue weighted by atomic mass is 10.1. The fourth-order valence-corrected chi connectivity index (χ4v) is 3.59. The quantitative estimate of drug-likeness (QED) is 0.454. The van der Waals surface area contributed by atoms with Crippen LogP contribution in [0.25, 0.3) is 10.9 Å². The van der Waals surface area contributed by atoms with Crippen molar-refractivity contribution >= 4 is 40.1 Å². The zero-order chi connectivity index (χ0) is 23.4. The van der Waals surface area contributed by atoms with Crippen LogP contribution < -0.4 is 9.63 Å². The maximum atomic E-state index is 14.3. The molecule has 1 amide bonds. The number of amides is 1. The van der Waals surface area contributed by atoms with Crippen molar-refractivity contribution in [3.8, 4) is 0 Å². The van der Waals surface area contributed by atoms with E-state index in [1.165, 1.54) is 18.5 Å². The predicted molar refractivity (Wildman–Crippen MR) is 115 cm³/mol. The molecule has 3 heterocycles. The molecule has 4 rings (SSSR count). The van der Waals surface area contributed by atoms with Crippen molar-refractivity contribution in [3.63, 3.8) is 0 Å². The molecule has 9 nitrogen and oxygen atoms in total. The highest BCUT2D eigenvalue weighted by Gasteiger charge is 2.24. The van der Waals surface area contributed by atoms with E-state index in [4.69, 9.17) is 21.5 Å². The summed E-state index contributed by atoms with van der Waals surface area (Å²) in [4.78, 5) is 25.4. The maximum absolute atomic E-state index is 14.3. The van der Waals surface area contributed by atoms with Gasteiger partial charge >= 0.3 is 0 Å². The minimum atomic E-state index is -0.833. The maximum Gasteiger partial charge on any atom is 0.300 e. The molecule has 0 unspecified atom stereocenters. The van der Waals surface area contributed by atoms with E-state index in [1.807, 2.05) is 11.8 Å². The van der Waals surface area contributed by atoms with Gasteiger partial charge in [0.25, 0.3) is 5.97 Å². The average molecular weight is 465 g/mol.